The van der Waals surface area contributed by atoms with Crippen molar-refractivity contribution in [2.75, 3.05) is 5.01 Å². The number of hydrogen-bond donors (Lipinski definition) is 2. The summed E-state index contributed by atoms with van der Waals surface area (Å²) >= 11 is 12.5. The van der Waals surface area contributed by atoms with Gasteiger partial charge in [-0.1, -0.05) is 58.8 Å². The van der Waals surface area contributed by atoms with E-state index in [0.717, 1.165) is 33.7 Å². The van der Waals surface area contributed by atoms with E-state index in [4.69, 9.17) is 33.9 Å². The molecule has 4 aromatic rings. The van der Waals surface area contributed by atoms with E-state index in [1.165, 1.54) is 0 Å². The van der Waals surface area contributed by atoms with Gasteiger partial charge in [-0.25, -0.2) is 10.0 Å². The smallest absolute Gasteiger partial charge is 0.256 e. The highest BCUT2D eigenvalue weighted by Crippen LogP contribution is 2.39. The molecule has 2 unspecified atom stereocenters. The monoisotopic (exact) mass is 503 g/mol. The predicted octanol–water partition coefficient (Wildman–Crippen LogP) is 4.20. The molecule has 0 spiro atoms. The number of nitrogens with two attached hydrogens (primary N) is 1. The number of aryl methyl sites for hydroxylation is 1. The summed E-state index contributed by atoms with van der Waals surface area (Å²) in [5.74, 6) is 0.582. The molecular formula is C24H19Cl2N9. The number of hydrogen-bond acceptors (Lipinski definition) is 8. The second-order valence-corrected chi connectivity index (χ2v) is 9.21. The van der Waals surface area contributed by atoms with Crippen molar-refractivity contribution >= 4 is 34.6 Å². The van der Waals surface area contributed by atoms with Crippen molar-refractivity contribution in [3.05, 3.63) is 111 Å². The Labute approximate surface area is 210 Å². The third-order valence-corrected chi connectivity index (χ3v) is 6.70. The van der Waals surface area contributed by atoms with Gasteiger partial charge in [0.2, 0.25) is 0 Å². The van der Waals surface area contributed by atoms with Crippen molar-refractivity contribution in [3.8, 4) is 0 Å². The molecule has 3 N–H and O–H groups in total. The van der Waals surface area contributed by atoms with Crippen LogP contribution in [-0.2, 0) is 12.6 Å². The molecule has 2 atom stereocenters. The first kappa shape index (κ1) is 21.7. The molecule has 2 aliphatic rings. The Morgan fingerprint density at radius 3 is 2.51 bits per heavy atom. The van der Waals surface area contributed by atoms with Gasteiger partial charge in [0.15, 0.2) is 5.82 Å². The second kappa shape index (κ2) is 8.16. The first-order valence-electron chi connectivity index (χ1n) is 10.8. The molecule has 0 saturated heterocycles. The minimum Gasteiger partial charge on any atom is -0.319 e. The van der Waals surface area contributed by atoms with Gasteiger partial charge in [0.1, 0.15) is 11.9 Å². The van der Waals surface area contributed by atoms with Gasteiger partial charge in [-0.05, 0) is 47.5 Å². The summed E-state index contributed by atoms with van der Waals surface area (Å²) < 4.78 is 1.82. The summed E-state index contributed by atoms with van der Waals surface area (Å²) in [6.45, 7) is 0. The third-order valence-electron chi connectivity index (χ3n) is 6.22. The molecule has 174 valence electrons. The lowest BCUT2D eigenvalue weighted by Gasteiger charge is -2.33. The molecule has 0 aliphatic carbocycles. The molecule has 0 amide bonds. The number of hydrazine groups is 1. The lowest BCUT2D eigenvalue weighted by molar-refractivity contribution is 0.570. The van der Waals surface area contributed by atoms with E-state index >= 15 is 0 Å². The summed E-state index contributed by atoms with van der Waals surface area (Å²) in [6.07, 6.45) is 1.12. The van der Waals surface area contributed by atoms with E-state index in [9.17, 15) is 0 Å². The van der Waals surface area contributed by atoms with E-state index in [-0.39, 0.29) is 0 Å². The zero-order valence-corrected chi connectivity index (χ0v) is 20.0. The van der Waals surface area contributed by atoms with E-state index in [2.05, 4.69) is 26.1 Å². The maximum absolute atomic E-state index is 7.21. The van der Waals surface area contributed by atoms with Crippen molar-refractivity contribution in [3.63, 3.8) is 0 Å². The molecule has 9 nitrogen and oxygen atoms in total. The normalized spacial score (nSPS) is 17.9. The van der Waals surface area contributed by atoms with Crippen LogP contribution in [-0.4, -0.2) is 26.8 Å². The quantitative estimate of drug-likeness (QED) is 0.433. The fraction of sp³-hybridized carbons (Fsp3) is 0.125. The van der Waals surface area contributed by atoms with Crippen LogP contribution in [0.15, 0.2) is 88.4 Å². The predicted molar refractivity (Wildman–Crippen MR) is 134 cm³/mol. The van der Waals surface area contributed by atoms with Gasteiger partial charge in [0.25, 0.3) is 6.29 Å². The first-order valence-corrected chi connectivity index (χ1v) is 11.5. The number of benzene rings is 3. The van der Waals surface area contributed by atoms with Crippen LogP contribution in [0.5, 0.6) is 0 Å². The molecule has 0 saturated carbocycles. The van der Waals surface area contributed by atoms with Gasteiger partial charge in [0.05, 0.1) is 11.4 Å². The Balaban J connectivity index is 1.58. The molecule has 1 aromatic heterocycles. The second-order valence-electron chi connectivity index (χ2n) is 8.33. The number of aliphatic imine (C=N–C) groups is 1. The molecule has 0 fully saturated rings. The summed E-state index contributed by atoms with van der Waals surface area (Å²) in [7, 11) is 1.87. The lowest BCUT2D eigenvalue weighted by atomic mass is 9.81. The van der Waals surface area contributed by atoms with Crippen LogP contribution in [0.4, 0.5) is 5.69 Å². The highest BCUT2D eigenvalue weighted by Gasteiger charge is 2.39. The molecule has 3 aromatic carbocycles. The summed E-state index contributed by atoms with van der Waals surface area (Å²) in [5, 5.41) is 19.6. The van der Waals surface area contributed by atoms with Crippen LogP contribution in [0.25, 0.3) is 0 Å². The minimum absolute atomic E-state index is 0.514. The first-order chi connectivity index (χ1) is 16.9. The van der Waals surface area contributed by atoms with Crippen LogP contribution in [0.3, 0.4) is 0 Å². The average molecular weight is 504 g/mol. The highest BCUT2D eigenvalue weighted by molar-refractivity contribution is 6.31. The van der Waals surface area contributed by atoms with Crippen molar-refractivity contribution in [2.45, 2.75) is 11.8 Å². The Bertz CT molecular complexity index is 1500. The SMILES string of the molecule is Cn1cnnc1C(N)(c1ccc(Cl)cc1)c1ccc2c(c1)C(c1cccc(Cl)c1)=NC1N=NNN21. The van der Waals surface area contributed by atoms with E-state index < -0.39 is 11.8 Å². The van der Waals surface area contributed by atoms with Crippen molar-refractivity contribution in [1.82, 2.24) is 20.3 Å². The van der Waals surface area contributed by atoms with E-state index in [1.54, 1.807) is 11.3 Å². The molecule has 6 rings (SSSR count). The van der Waals surface area contributed by atoms with Gasteiger partial charge < -0.3 is 10.3 Å². The zero-order chi connectivity index (χ0) is 24.2. The van der Waals surface area contributed by atoms with Crippen LogP contribution in [0.1, 0.15) is 28.1 Å². The molecule has 0 bridgehead atoms. The van der Waals surface area contributed by atoms with Crippen LogP contribution in [0, 0.1) is 0 Å². The Kier molecular flexibility index (Phi) is 5.06. The maximum atomic E-state index is 7.21. The maximum Gasteiger partial charge on any atom is 0.256 e. The summed E-state index contributed by atoms with van der Waals surface area (Å²) in [4.78, 5) is 4.85. The van der Waals surface area contributed by atoms with Gasteiger partial charge in [-0.2, -0.15) is 5.53 Å². The number of anilines is 1. The van der Waals surface area contributed by atoms with E-state index in [0.29, 0.717) is 15.9 Å². The summed E-state index contributed by atoms with van der Waals surface area (Å²) in [5.41, 5.74) is 14.0. The molecule has 11 heteroatoms. The van der Waals surface area contributed by atoms with Gasteiger partial charge >= 0.3 is 0 Å². The fourth-order valence-corrected chi connectivity index (χ4v) is 4.82. The third kappa shape index (κ3) is 3.47. The number of nitrogens with zero attached hydrogens (tertiary/aromatic N) is 7. The number of aromatic nitrogens is 3. The average Bonchev–Trinajstić information content (AvgIpc) is 3.52. The molecule has 2 aliphatic heterocycles. The van der Waals surface area contributed by atoms with Crippen LogP contribution < -0.4 is 16.3 Å². The fourth-order valence-electron chi connectivity index (χ4n) is 4.50. The standard InChI is InChI=1S/C24H19Cl2N9/c1-34-13-28-30-22(34)24(27,15-5-8-17(25)9-6-15)16-7-10-20-19(12-16)21(14-3-2-4-18(26)11-14)29-23-31-32-33-35(20)23/h2-13,23H,27H2,1H3,(H,31,33). The highest BCUT2D eigenvalue weighted by atomic mass is 35.5. The molecular weight excluding hydrogens is 485 g/mol. The van der Waals surface area contributed by atoms with Crippen molar-refractivity contribution < 1.29 is 0 Å². The van der Waals surface area contributed by atoms with Gasteiger partial charge in [-0.3, -0.25) is 0 Å². The van der Waals surface area contributed by atoms with Crippen LogP contribution in [0.2, 0.25) is 10.0 Å². The number of nitrogens with one attached hydrogen (secondary N) is 1. The molecule has 0 radical (unpaired) electrons. The topological polar surface area (TPSA) is 109 Å². The Hall–Kier alpha value is -3.79. The lowest BCUT2D eigenvalue weighted by Crippen LogP contribution is -2.43. The Morgan fingerprint density at radius 2 is 1.77 bits per heavy atom. The zero-order valence-electron chi connectivity index (χ0n) is 18.5. The molecule has 35 heavy (non-hydrogen) atoms. The largest absolute Gasteiger partial charge is 0.319 e. The Morgan fingerprint density at radius 1 is 0.971 bits per heavy atom. The number of rotatable bonds is 4. The number of halogens is 2. The summed E-state index contributed by atoms with van der Waals surface area (Å²) in [6, 6.07) is 21.0. The molecule has 3 heterocycles. The van der Waals surface area contributed by atoms with E-state index in [1.807, 2.05) is 78.3 Å². The van der Waals surface area contributed by atoms with Gasteiger partial charge in [0, 0.05) is 28.2 Å². The number of fused-ring (bicyclic) bond motifs is 3. The van der Waals surface area contributed by atoms with Crippen LogP contribution >= 0.6 is 23.2 Å². The minimum atomic E-state index is -1.12. The van der Waals surface area contributed by atoms with Crippen molar-refractivity contribution in [1.29, 1.82) is 0 Å². The van der Waals surface area contributed by atoms with Crippen molar-refractivity contribution in [2.24, 2.45) is 28.1 Å². The van der Waals surface area contributed by atoms with Gasteiger partial charge in [-0.15, -0.1) is 15.3 Å².